The number of carbonyl (C=O) groups excluding carboxylic acids is 1. The monoisotopic (exact) mass is 557 g/mol. The number of carbonyl (C=O) groups is 1. The molecule has 0 spiro atoms. The lowest BCUT2D eigenvalue weighted by atomic mass is 9.99. The topological polar surface area (TPSA) is 118 Å². The minimum atomic E-state index is -3.49. The molecule has 0 bridgehead atoms. The Morgan fingerprint density at radius 3 is 2.58 bits per heavy atom. The van der Waals surface area contributed by atoms with Gasteiger partial charge in [0.25, 0.3) is 0 Å². The van der Waals surface area contributed by atoms with Gasteiger partial charge in [-0.2, -0.15) is 0 Å². The average Bonchev–Trinajstić information content (AvgIpc) is 2.78. The van der Waals surface area contributed by atoms with Crippen LogP contribution in [0.5, 0.6) is 5.75 Å². The van der Waals surface area contributed by atoms with E-state index in [1.54, 1.807) is 44.3 Å². The quantitative estimate of drug-likeness (QED) is 0.299. The van der Waals surface area contributed by atoms with E-state index < -0.39 is 21.7 Å². The number of hydrogen-bond donors (Lipinski definition) is 2. The number of ether oxygens (including phenoxy) is 1. The van der Waals surface area contributed by atoms with Crippen molar-refractivity contribution in [2.24, 2.45) is 0 Å². The Balaban J connectivity index is 0.00000456. The van der Waals surface area contributed by atoms with Crippen LogP contribution < -0.4 is 20.4 Å². The molecular weight excluding hydrogens is 529 g/mol. The molecule has 2 aromatic carbocycles. The summed E-state index contributed by atoms with van der Waals surface area (Å²) in [7, 11) is 1.36. The lowest BCUT2D eigenvalue weighted by Gasteiger charge is -2.14. The summed E-state index contributed by atoms with van der Waals surface area (Å²) in [5.74, 6) is 0.0840. The van der Waals surface area contributed by atoms with Gasteiger partial charge < -0.3 is 19.4 Å². The third-order valence-electron chi connectivity index (χ3n) is 5.32. The zero-order valence-corrected chi connectivity index (χ0v) is 22.8. The van der Waals surface area contributed by atoms with Gasteiger partial charge in [0, 0.05) is 43.2 Å². The molecule has 36 heavy (non-hydrogen) atoms. The SMILES string of the molecule is CNCCCS(=O)(=O)Nc1cccc(Cc2c(C)c3cc(Cl)c(OC(=O)N(C)C)cc3oc2=O)c1.Cl. The Morgan fingerprint density at radius 2 is 1.92 bits per heavy atom. The first-order valence-corrected chi connectivity index (χ1v) is 12.9. The van der Waals surface area contributed by atoms with Crippen LogP contribution in [0.4, 0.5) is 10.5 Å². The molecule has 0 aliphatic carbocycles. The van der Waals surface area contributed by atoms with E-state index in [1.807, 2.05) is 0 Å². The molecule has 2 N–H and O–H groups in total. The highest BCUT2D eigenvalue weighted by molar-refractivity contribution is 7.92. The van der Waals surface area contributed by atoms with Gasteiger partial charge in [-0.05, 0) is 56.3 Å². The van der Waals surface area contributed by atoms with Gasteiger partial charge in [0.2, 0.25) is 10.0 Å². The van der Waals surface area contributed by atoms with E-state index >= 15 is 0 Å². The Kier molecular flexibility index (Phi) is 10.2. The fourth-order valence-electron chi connectivity index (χ4n) is 3.48. The first-order valence-electron chi connectivity index (χ1n) is 10.9. The van der Waals surface area contributed by atoms with Crippen LogP contribution in [-0.4, -0.2) is 52.9 Å². The number of rotatable bonds is 9. The number of nitrogens with one attached hydrogen (secondary N) is 2. The van der Waals surface area contributed by atoms with Crippen LogP contribution in [-0.2, 0) is 16.4 Å². The Labute approximate surface area is 221 Å². The normalized spacial score (nSPS) is 11.1. The highest BCUT2D eigenvalue weighted by atomic mass is 35.5. The molecule has 0 aliphatic rings. The van der Waals surface area contributed by atoms with Crippen LogP contribution in [0, 0.1) is 6.92 Å². The summed E-state index contributed by atoms with van der Waals surface area (Å²) in [6, 6.07) is 9.88. The maximum Gasteiger partial charge on any atom is 0.414 e. The second kappa shape index (κ2) is 12.4. The van der Waals surface area contributed by atoms with Crippen LogP contribution in [0.1, 0.15) is 23.1 Å². The molecular formula is C24H29Cl2N3O6S. The molecule has 0 fully saturated rings. The summed E-state index contributed by atoms with van der Waals surface area (Å²) >= 11 is 6.32. The van der Waals surface area contributed by atoms with Gasteiger partial charge in [0.1, 0.15) is 5.58 Å². The number of amides is 1. The molecule has 0 aliphatic heterocycles. The predicted molar refractivity (Wildman–Crippen MR) is 144 cm³/mol. The zero-order valence-electron chi connectivity index (χ0n) is 20.4. The van der Waals surface area contributed by atoms with Crippen LogP contribution in [0.15, 0.2) is 45.6 Å². The number of nitrogens with zero attached hydrogens (tertiary/aromatic N) is 1. The maximum atomic E-state index is 12.8. The van der Waals surface area contributed by atoms with E-state index in [-0.39, 0.29) is 40.9 Å². The molecule has 1 amide bonds. The summed E-state index contributed by atoms with van der Waals surface area (Å²) in [5.41, 5.74) is 1.94. The molecule has 3 rings (SSSR count). The van der Waals surface area contributed by atoms with Crippen LogP contribution >= 0.6 is 24.0 Å². The summed E-state index contributed by atoms with van der Waals surface area (Å²) in [6.45, 7) is 2.38. The van der Waals surface area contributed by atoms with Crippen LogP contribution in [0.3, 0.4) is 0 Å². The molecule has 3 aromatic rings. The van der Waals surface area contributed by atoms with Crippen molar-refractivity contribution in [1.82, 2.24) is 10.2 Å². The minimum absolute atomic E-state index is 0. The van der Waals surface area contributed by atoms with Crippen molar-refractivity contribution in [3.63, 3.8) is 0 Å². The summed E-state index contributed by atoms with van der Waals surface area (Å²) in [5, 5.41) is 3.73. The van der Waals surface area contributed by atoms with Gasteiger partial charge >= 0.3 is 11.7 Å². The van der Waals surface area contributed by atoms with Crippen molar-refractivity contribution in [1.29, 1.82) is 0 Å². The van der Waals surface area contributed by atoms with E-state index in [2.05, 4.69) is 10.0 Å². The summed E-state index contributed by atoms with van der Waals surface area (Å²) in [4.78, 5) is 25.9. The summed E-state index contributed by atoms with van der Waals surface area (Å²) in [6.07, 6.45) is 0.107. The molecule has 1 heterocycles. The Hall–Kier alpha value is -2.79. The van der Waals surface area contributed by atoms with Crippen LogP contribution in [0.25, 0.3) is 11.0 Å². The van der Waals surface area contributed by atoms with E-state index in [0.717, 1.165) is 5.56 Å². The number of fused-ring (bicyclic) bond motifs is 1. The zero-order chi connectivity index (χ0) is 25.8. The summed E-state index contributed by atoms with van der Waals surface area (Å²) < 4.78 is 38.0. The van der Waals surface area contributed by atoms with Crippen molar-refractivity contribution in [3.8, 4) is 5.75 Å². The van der Waals surface area contributed by atoms with Gasteiger partial charge in [0.05, 0.1) is 10.8 Å². The van der Waals surface area contributed by atoms with Gasteiger partial charge in [-0.15, -0.1) is 12.4 Å². The first-order chi connectivity index (χ1) is 16.5. The number of hydrogen-bond acceptors (Lipinski definition) is 7. The standard InChI is InChI=1S/C24H28ClN3O6S.ClH/c1-15-18-13-20(25)22(34-24(30)28(3)4)14-21(18)33-23(29)19(15)12-16-7-5-8-17(11-16)27-35(31,32)10-6-9-26-2;/h5,7-8,11,13-14,26-27H,6,9-10,12H2,1-4H3;1H. The number of aryl methyl sites for hydroxylation is 1. The van der Waals surface area contributed by atoms with Crippen molar-refractivity contribution in [3.05, 3.63) is 68.5 Å². The van der Waals surface area contributed by atoms with Crippen molar-refractivity contribution in [2.75, 3.05) is 38.2 Å². The van der Waals surface area contributed by atoms with E-state index in [0.29, 0.717) is 35.2 Å². The lowest BCUT2D eigenvalue weighted by Crippen LogP contribution is -2.25. The molecule has 0 unspecified atom stereocenters. The fraction of sp³-hybridized carbons (Fsp3) is 0.333. The third kappa shape index (κ3) is 7.36. The molecule has 0 saturated carbocycles. The van der Waals surface area contributed by atoms with Gasteiger partial charge in [-0.3, -0.25) is 4.72 Å². The number of sulfonamides is 1. The molecule has 12 heteroatoms. The Bertz CT molecular complexity index is 1410. The maximum absolute atomic E-state index is 12.8. The second-order valence-corrected chi connectivity index (χ2v) is 10.5. The molecule has 1 aromatic heterocycles. The lowest BCUT2D eigenvalue weighted by molar-refractivity contribution is 0.172. The average molecular weight is 558 g/mol. The van der Waals surface area contributed by atoms with Crippen molar-refractivity contribution in [2.45, 2.75) is 19.8 Å². The molecule has 9 nitrogen and oxygen atoms in total. The number of anilines is 1. The van der Waals surface area contributed by atoms with E-state index in [4.69, 9.17) is 20.8 Å². The van der Waals surface area contributed by atoms with E-state index in [9.17, 15) is 18.0 Å². The highest BCUT2D eigenvalue weighted by Crippen LogP contribution is 2.32. The molecule has 0 saturated heterocycles. The smallest absolute Gasteiger partial charge is 0.414 e. The van der Waals surface area contributed by atoms with Crippen molar-refractivity contribution >= 4 is 56.8 Å². The Morgan fingerprint density at radius 1 is 1.19 bits per heavy atom. The molecule has 0 radical (unpaired) electrons. The van der Waals surface area contributed by atoms with Crippen LogP contribution in [0.2, 0.25) is 5.02 Å². The molecule has 196 valence electrons. The third-order valence-corrected chi connectivity index (χ3v) is 6.99. The second-order valence-electron chi connectivity index (χ2n) is 8.29. The van der Waals surface area contributed by atoms with E-state index in [1.165, 1.54) is 25.1 Å². The number of benzene rings is 2. The number of halogens is 2. The van der Waals surface area contributed by atoms with Gasteiger partial charge in [-0.25, -0.2) is 18.0 Å². The van der Waals surface area contributed by atoms with Gasteiger partial charge in [-0.1, -0.05) is 23.7 Å². The minimum Gasteiger partial charge on any atom is -0.422 e. The van der Waals surface area contributed by atoms with Crippen molar-refractivity contribution < 1.29 is 22.4 Å². The largest absolute Gasteiger partial charge is 0.422 e. The molecule has 0 atom stereocenters. The fourth-order valence-corrected chi connectivity index (χ4v) is 4.79. The first kappa shape index (κ1) is 29.4. The highest BCUT2D eigenvalue weighted by Gasteiger charge is 2.18. The predicted octanol–water partition coefficient (Wildman–Crippen LogP) is 4.18. The van der Waals surface area contributed by atoms with Gasteiger partial charge in [0.15, 0.2) is 5.75 Å².